The fourth-order valence-corrected chi connectivity index (χ4v) is 0.772. The van der Waals surface area contributed by atoms with Crippen LogP contribution < -0.4 is 4.74 Å². The fraction of sp³-hybridized carbons (Fsp3) is 0. The SMILES string of the molecule is O=COc1c[nH]c(/C=C/C(=O)O)c1. The van der Waals surface area contributed by atoms with Crippen molar-refractivity contribution in [2.75, 3.05) is 0 Å². The second kappa shape index (κ2) is 4.10. The number of carboxylic acid groups (broad SMARTS) is 1. The zero-order valence-corrected chi connectivity index (χ0v) is 6.56. The number of nitrogens with one attached hydrogen (secondary N) is 1. The Hall–Kier alpha value is -2.04. The Morgan fingerprint density at radius 1 is 1.62 bits per heavy atom. The van der Waals surface area contributed by atoms with Crippen LogP contribution in [0.5, 0.6) is 5.75 Å². The van der Waals surface area contributed by atoms with E-state index in [-0.39, 0.29) is 0 Å². The first-order valence-corrected chi connectivity index (χ1v) is 3.42. The molecule has 1 aromatic rings. The molecule has 0 amide bonds. The summed E-state index contributed by atoms with van der Waals surface area (Å²) in [4.78, 5) is 22.7. The topological polar surface area (TPSA) is 79.4 Å². The van der Waals surface area contributed by atoms with Crippen LogP contribution in [0.25, 0.3) is 6.08 Å². The van der Waals surface area contributed by atoms with Crippen molar-refractivity contribution in [2.45, 2.75) is 0 Å². The van der Waals surface area contributed by atoms with Crippen molar-refractivity contribution in [1.82, 2.24) is 4.98 Å². The number of hydrogen-bond donors (Lipinski definition) is 2. The Morgan fingerprint density at radius 3 is 3.00 bits per heavy atom. The number of carbonyl (C=O) groups is 2. The Morgan fingerprint density at radius 2 is 2.38 bits per heavy atom. The molecule has 0 aromatic carbocycles. The average Bonchev–Trinajstić information content (AvgIpc) is 2.50. The van der Waals surface area contributed by atoms with Gasteiger partial charge in [-0.1, -0.05) is 0 Å². The van der Waals surface area contributed by atoms with Crippen LogP contribution >= 0.6 is 0 Å². The van der Waals surface area contributed by atoms with Crippen molar-refractivity contribution in [2.24, 2.45) is 0 Å². The van der Waals surface area contributed by atoms with E-state index in [0.29, 0.717) is 17.9 Å². The van der Waals surface area contributed by atoms with Crippen molar-refractivity contribution in [3.63, 3.8) is 0 Å². The molecule has 0 fully saturated rings. The highest BCUT2D eigenvalue weighted by molar-refractivity contribution is 5.85. The minimum absolute atomic E-state index is 0.299. The molecule has 0 aliphatic carbocycles. The maximum Gasteiger partial charge on any atom is 0.328 e. The second-order valence-electron chi connectivity index (χ2n) is 2.18. The van der Waals surface area contributed by atoms with Gasteiger partial charge in [0.1, 0.15) is 5.75 Å². The standard InChI is InChI=1S/C8H7NO4/c10-5-13-7-3-6(9-4-7)1-2-8(11)12/h1-5,9H,(H,11,12)/b2-1+. The first kappa shape index (κ1) is 9.05. The van der Waals surface area contributed by atoms with E-state index < -0.39 is 5.97 Å². The molecule has 0 aliphatic rings. The number of carbonyl (C=O) groups excluding carboxylic acids is 1. The number of ether oxygens (including phenoxy) is 1. The Bertz CT molecular complexity index is 340. The predicted molar refractivity (Wildman–Crippen MR) is 44.2 cm³/mol. The fourth-order valence-electron chi connectivity index (χ4n) is 0.772. The first-order valence-electron chi connectivity index (χ1n) is 3.42. The number of H-pyrrole nitrogens is 1. The van der Waals surface area contributed by atoms with E-state index in [2.05, 4.69) is 9.72 Å². The van der Waals surface area contributed by atoms with Crippen molar-refractivity contribution < 1.29 is 19.4 Å². The second-order valence-corrected chi connectivity index (χ2v) is 2.18. The quantitative estimate of drug-likeness (QED) is 0.527. The van der Waals surface area contributed by atoms with E-state index in [1.54, 1.807) is 0 Å². The van der Waals surface area contributed by atoms with Crippen LogP contribution in [0.3, 0.4) is 0 Å². The van der Waals surface area contributed by atoms with Crippen LogP contribution in [0.2, 0.25) is 0 Å². The van der Waals surface area contributed by atoms with Gasteiger partial charge in [-0.15, -0.1) is 0 Å². The number of hydrogen-bond acceptors (Lipinski definition) is 3. The summed E-state index contributed by atoms with van der Waals surface area (Å²) in [7, 11) is 0. The molecule has 68 valence electrons. The molecule has 0 saturated carbocycles. The molecular weight excluding hydrogens is 174 g/mol. The lowest BCUT2D eigenvalue weighted by molar-refractivity contribution is -0.131. The van der Waals surface area contributed by atoms with Gasteiger partial charge in [-0.25, -0.2) is 4.79 Å². The third-order valence-electron chi connectivity index (χ3n) is 1.27. The predicted octanol–water partition coefficient (Wildman–Crippen LogP) is 0.648. The Labute approximate surface area is 73.6 Å². The summed E-state index contributed by atoms with van der Waals surface area (Å²) < 4.78 is 4.50. The molecule has 1 heterocycles. The lowest BCUT2D eigenvalue weighted by Gasteiger charge is -1.85. The van der Waals surface area contributed by atoms with Gasteiger partial charge in [0.15, 0.2) is 0 Å². The molecule has 5 heteroatoms. The van der Waals surface area contributed by atoms with Crippen LogP contribution in [0.1, 0.15) is 5.69 Å². The van der Waals surface area contributed by atoms with Gasteiger partial charge in [0.25, 0.3) is 6.47 Å². The summed E-state index contributed by atoms with van der Waals surface area (Å²) in [5.74, 6) is -0.688. The van der Waals surface area contributed by atoms with Gasteiger partial charge in [0, 0.05) is 24.0 Å². The molecule has 0 unspecified atom stereocenters. The number of aliphatic carboxylic acids is 1. The average molecular weight is 181 g/mol. The summed E-state index contributed by atoms with van der Waals surface area (Å²) in [5, 5.41) is 8.30. The minimum atomic E-state index is -1.03. The van der Waals surface area contributed by atoms with Gasteiger partial charge in [0.2, 0.25) is 0 Å². The summed E-state index contributed by atoms with van der Waals surface area (Å²) in [6.45, 7) is 0.299. The maximum absolute atomic E-state index is 10.1. The Kier molecular flexibility index (Phi) is 2.86. The van der Waals surface area contributed by atoms with Crippen LogP contribution in [0.15, 0.2) is 18.3 Å². The molecule has 0 bridgehead atoms. The number of carboxylic acids is 1. The number of rotatable bonds is 4. The molecule has 0 saturated heterocycles. The lowest BCUT2D eigenvalue weighted by Crippen LogP contribution is -1.85. The van der Waals surface area contributed by atoms with Gasteiger partial charge in [-0.3, -0.25) is 4.79 Å². The lowest BCUT2D eigenvalue weighted by atomic mass is 10.4. The zero-order chi connectivity index (χ0) is 9.68. The van der Waals surface area contributed by atoms with Crippen LogP contribution in [0, 0.1) is 0 Å². The van der Waals surface area contributed by atoms with Crippen LogP contribution in [-0.4, -0.2) is 22.5 Å². The largest absolute Gasteiger partial charge is 0.478 e. The molecule has 1 rings (SSSR count). The normalized spacial score (nSPS) is 10.2. The van der Waals surface area contributed by atoms with E-state index in [4.69, 9.17) is 5.11 Å². The molecule has 0 atom stereocenters. The van der Waals surface area contributed by atoms with E-state index in [0.717, 1.165) is 6.08 Å². The third kappa shape index (κ3) is 2.82. The summed E-state index contributed by atoms with van der Waals surface area (Å²) >= 11 is 0. The van der Waals surface area contributed by atoms with Gasteiger partial charge in [0.05, 0.1) is 0 Å². The summed E-state index contributed by atoms with van der Waals surface area (Å²) in [5.41, 5.74) is 0.555. The molecule has 5 nitrogen and oxygen atoms in total. The molecule has 0 aliphatic heterocycles. The van der Waals surface area contributed by atoms with E-state index in [1.165, 1.54) is 18.3 Å². The maximum atomic E-state index is 10.1. The van der Waals surface area contributed by atoms with Gasteiger partial charge >= 0.3 is 5.97 Å². The van der Waals surface area contributed by atoms with E-state index >= 15 is 0 Å². The first-order chi connectivity index (χ1) is 6.22. The third-order valence-corrected chi connectivity index (χ3v) is 1.27. The molecule has 1 aromatic heterocycles. The highest BCUT2D eigenvalue weighted by atomic mass is 16.5. The zero-order valence-electron chi connectivity index (χ0n) is 6.56. The summed E-state index contributed by atoms with van der Waals surface area (Å²) in [6, 6.07) is 1.51. The minimum Gasteiger partial charge on any atom is -0.478 e. The molecule has 2 N–H and O–H groups in total. The monoisotopic (exact) mass is 181 g/mol. The van der Waals surface area contributed by atoms with Crippen LogP contribution in [0.4, 0.5) is 0 Å². The van der Waals surface area contributed by atoms with E-state index in [1.807, 2.05) is 0 Å². The van der Waals surface area contributed by atoms with Crippen molar-refractivity contribution >= 4 is 18.5 Å². The highest BCUT2D eigenvalue weighted by Crippen LogP contribution is 2.12. The Balaban J connectivity index is 2.68. The number of aromatic nitrogens is 1. The number of aromatic amines is 1. The molecule has 0 spiro atoms. The highest BCUT2D eigenvalue weighted by Gasteiger charge is 1.96. The smallest absolute Gasteiger partial charge is 0.328 e. The summed E-state index contributed by atoms with van der Waals surface area (Å²) in [6.07, 6.45) is 3.80. The van der Waals surface area contributed by atoms with Crippen molar-refractivity contribution in [3.05, 3.63) is 24.0 Å². The molecular formula is C8H7NO4. The molecule has 0 radical (unpaired) electrons. The van der Waals surface area contributed by atoms with Crippen molar-refractivity contribution in [3.8, 4) is 5.75 Å². The van der Waals surface area contributed by atoms with Gasteiger partial charge < -0.3 is 14.8 Å². The van der Waals surface area contributed by atoms with Crippen LogP contribution in [-0.2, 0) is 9.59 Å². The molecule has 13 heavy (non-hydrogen) atoms. The van der Waals surface area contributed by atoms with Crippen molar-refractivity contribution in [1.29, 1.82) is 0 Å². The van der Waals surface area contributed by atoms with Gasteiger partial charge in [-0.05, 0) is 6.08 Å². The van der Waals surface area contributed by atoms with E-state index in [9.17, 15) is 9.59 Å². The van der Waals surface area contributed by atoms with Gasteiger partial charge in [-0.2, -0.15) is 0 Å².